The minimum atomic E-state index is -0.198. The van der Waals surface area contributed by atoms with Crippen LogP contribution < -0.4 is 20.0 Å². The van der Waals surface area contributed by atoms with Gasteiger partial charge in [-0.1, -0.05) is 18.2 Å². The SMILES string of the molecule is Cc1cccc(CO)c1N1Cc2cnc(Nc3ccc(N4CCN(C)CC4)cc3)nc2N(C23CC4CC(CC2C4)C3)C1=O. The quantitative estimate of drug-likeness (QED) is 0.410. The minimum absolute atomic E-state index is 0.0223. The van der Waals surface area contributed by atoms with Gasteiger partial charge in [0.1, 0.15) is 5.82 Å². The van der Waals surface area contributed by atoms with Crippen molar-refractivity contribution < 1.29 is 9.90 Å². The molecule has 2 aliphatic heterocycles. The van der Waals surface area contributed by atoms with Crippen LogP contribution in [0.1, 0.15) is 48.8 Å². The Morgan fingerprint density at radius 3 is 2.47 bits per heavy atom. The number of rotatable bonds is 6. The maximum Gasteiger partial charge on any atom is 0.331 e. The summed E-state index contributed by atoms with van der Waals surface area (Å²) in [5.74, 6) is 3.15. The summed E-state index contributed by atoms with van der Waals surface area (Å²) in [7, 11) is 2.17. The van der Waals surface area contributed by atoms with Crippen LogP contribution >= 0.6 is 0 Å². The Morgan fingerprint density at radius 1 is 1.00 bits per heavy atom. The van der Waals surface area contributed by atoms with Gasteiger partial charge in [-0.3, -0.25) is 9.80 Å². The first-order valence-corrected chi connectivity index (χ1v) is 15.9. The minimum Gasteiger partial charge on any atom is -0.392 e. The summed E-state index contributed by atoms with van der Waals surface area (Å²) in [5, 5.41) is 13.6. The predicted molar refractivity (Wildman–Crippen MR) is 169 cm³/mol. The molecule has 4 bridgehead atoms. The molecule has 4 saturated carbocycles. The van der Waals surface area contributed by atoms with Gasteiger partial charge in [0.05, 0.1) is 24.4 Å². The van der Waals surface area contributed by atoms with Crippen LogP contribution in [0.5, 0.6) is 0 Å². The number of likely N-dealkylation sites (N-methyl/N-ethyl adjacent to an activating group) is 1. The molecule has 1 saturated heterocycles. The van der Waals surface area contributed by atoms with Crippen molar-refractivity contribution in [2.24, 2.45) is 17.8 Å². The number of aliphatic hydroxyl groups excluding tert-OH is 1. The molecular weight excluding hydrogens is 538 g/mol. The van der Waals surface area contributed by atoms with Gasteiger partial charge < -0.3 is 20.2 Å². The number of hydrogen-bond donors (Lipinski definition) is 2. The molecule has 3 aromatic rings. The third-order valence-electron chi connectivity index (χ3n) is 10.9. The zero-order valence-electron chi connectivity index (χ0n) is 25.2. The highest BCUT2D eigenvalue weighted by Gasteiger charge is 2.63. The van der Waals surface area contributed by atoms with Gasteiger partial charge in [-0.2, -0.15) is 4.98 Å². The number of carbonyl (C=O) groups excluding carboxylic acids is 1. The van der Waals surface area contributed by atoms with Crippen molar-refractivity contribution in [2.45, 2.75) is 57.7 Å². The molecule has 1 aromatic heterocycles. The molecule has 43 heavy (non-hydrogen) atoms. The largest absolute Gasteiger partial charge is 0.392 e. The molecule has 4 aliphatic carbocycles. The molecule has 6 aliphatic rings. The molecule has 5 fully saturated rings. The summed E-state index contributed by atoms with van der Waals surface area (Å²) in [6, 6.07) is 14.3. The number of hydrogen-bond acceptors (Lipinski definition) is 7. The maximum absolute atomic E-state index is 14.7. The lowest BCUT2D eigenvalue weighted by molar-refractivity contribution is 0.226. The third kappa shape index (κ3) is 4.39. The number of amides is 2. The van der Waals surface area contributed by atoms with Crippen molar-refractivity contribution in [3.05, 3.63) is 65.4 Å². The normalized spacial score (nSPS) is 28.1. The van der Waals surface area contributed by atoms with Crippen LogP contribution in [-0.4, -0.2) is 64.8 Å². The molecule has 2 unspecified atom stereocenters. The van der Waals surface area contributed by atoms with Crippen LogP contribution in [0.2, 0.25) is 0 Å². The fourth-order valence-corrected chi connectivity index (χ4v) is 9.09. The second kappa shape index (κ2) is 10.2. The van der Waals surface area contributed by atoms with Gasteiger partial charge in [0.25, 0.3) is 0 Å². The third-order valence-corrected chi connectivity index (χ3v) is 10.9. The van der Waals surface area contributed by atoms with Crippen LogP contribution in [0.4, 0.5) is 33.6 Å². The van der Waals surface area contributed by atoms with E-state index in [4.69, 9.17) is 9.97 Å². The Balaban J connectivity index is 1.14. The van der Waals surface area contributed by atoms with Gasteiger partial charge in [0.2, 0.25) is 5.95 Å². The van der Waals surface area contributed by atoms with E-state index < -0.39 is 0 Å². The maximum atomic E-state index is 14.7. The number of aromatic nitrogens is 2. The van der Waals surface area contributed by atoms with Gasteiger partial charge in [-0.25, -0.2) is 9.78 Å². The molecule has 2 amide bonds. The van der Waals surface area contributed by atoms with Crippen molar-refractivity contribution in [3.63, 3.8) is 0 Å². The Morgan fingerprint density at radius 2 is 1.74 bits per heavy atom. The number of fused-ring (bicyclic) bond motifs is 1. The lowest BCUT2D eigenvalue weighted by Crippen LogP contribution is -2.60. The van der Waals surface area contributed by atoms with E-state index in [9.17, 15) is 9.90 Å². The van der Waals surface area contributed by atoms with Gasteiger partial charge in [-0.05, 0) is 93.7 Å². The lowest BCUT2D eigenvalue weighted by atomic mass is 9.79. The fourth-order valence-electron chi connectivity index (χ4n) is 9.09. The highest BCUT2D eigenvalue weighted by atomic mass is 16.3. The molecule has 3 heterocycles. The van der Waals surface area contributed by atoms with Crippen molar-refractivity contribution in [2.75, 3.05) is 53.2 Å². The number of carbonyl (C=O) groups is 1. The number of piperazine rings is 1. The number of aryl methyl sites for hydroxylation is 1. The van der Waals surface area contributed by atoms with Gasteiger partial charge >= 0.3 is 6.03 Å². The van der Waals surface area contributed by atoms with Crippen LogP contribution in [-0.2, 0) is 13.2 Å². The van der Waals surface area contributed by atoms with Gasteiger partial charge in [0.15, 0.2) is 0 Å². The molecule has 224 valence electrons. The molecule has 9 nitrogen and oxygen atoms in total. The number of anilines is 5. The highest BCUT2D eigenvalue weighted by molar-refractivity contribution is 6.07. The molecule has 0 radical (unpaired) electrons. The second-order valence-electron chi connectivity index (χ2n) is 13.6. The molecular formula is C34H41N7O2. The van der Waals surface area contributed by atoms with E-state index in [1.807, 2.05) is 36.2 Å². The summed E-state index contributed by atoms with van der Waals surface area (Å²) < 4.78 is 0. The lowest BCUT2D eigenvalue weighted by Gasteiger charge is -2.48. The number of para-hydroxylation sites is 1. The Hall–Kier alpha value is -3.69. The summed E-state index contributed by atoms with van der Waals surface area (Å²) >= 11 is 0. The van der Waals surface area contributed by atoms with Crippen LogP contribution in [0.3, 0.4) is 0 Å². The van der Waals surface area contributed by atoms with E-state index in [1.54, 1.807) is 0 Å². The fraction of sp³-hybridized carbons (Fsp3) is 0.500. The summed E-state index contributed by atoms with van der Waals surface area (Å²) in [6.07, 6.45) is 7.70. The monoisotopic (exact) mass is 579 g/mol. The van der Waals surface area contributed by atoms with Crippen molar-refractivity contribution in [1.82, 2.24) is 14.9 Å². The number of nitrogens with one attached hydrogen (secondary N) is 1. The zero-order chi connectivity index (χ0) is 29.3. The van der Waals surface area contributed by atoms with E-state index in [0.717, 1.165) is 72.9 Å². The topological polar surface area (TPSA) is 88.1 Å². The second-order valence-corrected chi connectivity index (χ2v) is 13.6. The molecule has 2 aromatic carbocycles. The van der Waals surface area contributed by atoms with E-state index in [-0.39, 0.29) is 18.2 Å². The molecule has 9 heteroatoms. The van der Waals surface area contributed by atoms with Crippen LogP contribution in [0.15, 0.2) is 48.7 Å². The predicted octanol–water partition coefficient (Wildman–Crippen LogP) is 5.30. The first-order valence-electron chi connectivity index (χ1n) is 15.9. The summed E-state index contributed by atoms with van der Waals surface area (Å²) in [5.41, 5.74) is 5.47. The number of aliphatic hydroxyl groups is 1. The summed E-state index contributed by atoms with van der Waals surface area (Å²) in [6.45, 7) is 6.50. The molecule has 0 spiro atoms. The highest BCUT2D eigenvalue weighted by Crippen LogP contribution is 2.64. The Labute approximate surface area is 253 Å². The number of urea groups is 1. The van der Waals surface area contributed by atoms with E-state index >= 15 is 0 Å². The van der Waals surface area contributed by atoms with Crippen molar-refractivity contribution >= 4 is 34.9 Å². The van der Waals surface area contributed by atoms with E-state index in [0.29, 0.717) is 30.2 Å². The van der Waals surface area contributed by atoms with E-state index in [2.05, 4.69) is 51.3 Å². The van der Waals surface area contributed by atoms with E-state index in [1.165, 1.54) is 24.9 Å². The van der Waals surface area contributed by atoms with Crippen molar-refractivity contribution in [3.8, 4) is 0 Å². The average Bonchev–Trinajstić information content (AvgIpc) is 3.41. The smallest absolute Gasteiger partial charge is 0.331 e. The number of benzene rings is 2. The molecule has 2 N–H and O–H groups in total. The molecule has 2 atom stereocenters. The van der Waals surface area contributed by atoms with Gasteiger partial charge in [-0.15, -0.1) is 0 Å². The summed E-state index contributed by atoms with van der Waals surface area (Å²) in [4.78, 5) is 33.3. The zero-order valence-corrected chi connectivity index (χ0v) is 25.2. The van der Waals surface area contributed by atoms with Crippen LogP contribution in [0, 0.1) is 24.7 Å². The molecule has 9 rings (SSSR count). The first-order chi connectivity index (χ1) is 20.9. The Bertz CT molecular complexity index is 1540. The average molecular weight is 580 g/mol. The van der Waals surface area contributed by atoms with Crippen molar-refractivity contribution in [1.29, 1.82) is 0 Å². The standard InChI is InChI=1S/C34H41N7O2/c1-22-4-3-5-25(21-42)30(22)40-20-26-19-35-32(36-28-6-8-29(9-7-28)39-12-10-38(2)11-13-39)37-31(26)41(33(40)43)34-17-23-14-24(18-34)16-27(34)15-23/h3-9,19,23-24,27,42H,10-18,20-21H2,1-2H3,(H,35,36,37). The Kier molecular flexibility index (Phi) is 6.38. The number of nitrogens with zero attached hydrogens (tertiary/aromatic N) is 6. The first kappa shape index (κ1) is 26.9. The van der Waals surface area contributed by atoms with Crippen LogP contribution in [0.25, 0.3) is 0 Å². The van der Waals surface area contributed by atoms with Gasteiger partial charge in [0, 0.05) is 54.9 Å².